The summed E-state index contributed by atoms with van der Waals surface area (Å²) in [5, 5.41) is 9.34. The van der Waals surface area contributed by atoms with E-state index in [0.29, 0.717) is 5.56 Å². The van der Waals surface area contributed by atoms with Gasteiger partial charge in [-0.25, -0.2) is 13.1 Å². The maximum absolute atomic E-state index is 12.3. The molecule has 0 amide bonds. The standard InChI is InChI=1S/C13H12Cl2N2O3S/c14-11-3-4-12(13(15)10(11)8-18)21(19,20)17-7-9-2-1-5-16-6-9/h1-6,17-18H,7-8H2. The van der Waals surface area contributed by atoms with Crippen LogP contribution in [0.3, 0.4) is 0 Å². The smallest absolute Gasteiger partial charge is 0.242 e. The third-order valence-corrected chi connectivity index (χ3v) is 5.13. The first-order chi connectivity index (χ1) is 9.95. The Morgan fingerprint density at radius 3 is 2.62 bits per heavy atom. The van der Waals surface area contributed by atoms with Gasteiger partial charge in [-0.3, -0.25) is 4.98 Å². The van der Waals surface area contributed by atoms with E-state index in [9.17, 15) is 13.5 Å². The van der Waals surface area contributed by atoms with E-state index in [1.165, 1.54) is 12.1 Å². The number of benzene rings is 1. The van der Waals surface area contributed by atoms with Crippen LogP contribution in [0, 0.1) is 0 Å². The molecular formula is C13H12Cl2N2O3S. The number of sulfonamides is 1. The summed E-state index contributed by atoms with van der Waals surface area (Å²) in [6.07, 6.45) is 3.16. The molecule has 5 nitrogen and oxygen atoms in total. The van der Waals surface area contributed by atoms with Gasteiger partial charge >= 0.3 is 0 Å². The predicted molar refractivity (Wildman–Crippen MR) is 80.6 cm³/mol. The highest BCUT2D eigenvalue weighted by molar-refractivity contribution is 7.89. The van der Waals surface area contributed by atoms with Crippen LogP contribution >= 0.6 is 23.2 Å². The van der Waals surface area contributed by atoms with Gasteiger partial charge in [-0.15, -0.1) is 0 Å². The number of nitrogens with zero attached hydrogens (tertiary/aromatic N) is 1. The Labute approximate surface area is 132 Å². The SMILES string of the molecule is O=S(=O)(NCc1cccnc1)c1ccc(Cl)c(CO)c1Cl. The van der Waals surface area contributed by atoms with Crippen LogP contribution in [0.2, 0.25) is 10.0 Å². The van der Waals surface area contributed by atoms with Crippen LogP contribution in [-0.4, -0.2) is 18.5 Å². The highest BCUT2D eigenvalue weighted by Crippen LogP contribution is 2.31. The molecule has 8 heteroatoms. The summed E-state index contributed by atoms with van der Waals surface area (Å²) in [5.41, 5.74) is 0.899. The molecule has 0 spiro atoms. The van der Waals surface area contributed by atoms with Crippen molar-refractivity contribution < 1.29 is 13.5 Å². The highest BCUT2D eigenvalue weighted by atomic mass is 35.5. The normalized spacial score (nSPS) is 11.6. The number of halogens is 2. The molecule has 0 unspecified atom stereocenters. The number of hydrogen-bond acceptors (Lipinski definition) is 4. The Morgan fingerprint density at radius 1 is 1.24 bits per heavy atom. The van der Waals surface area contributed by atoms with Crippen molar-refractivity contribution in [2.75, 3.05) is 0 Å². The van der Waals surface area contributed by atoms with Crippen molar-refractivity contribution >= 4 is 33.2 Å². The van der Waals surface area contributed by atoms with Crippen LogP contribution in [0.5, 0.6) is 0 Å². The lowest BCUT2D eigenvalue weighted by Gasteiger charge is -2.11. The van der Waals surface area contributed by atoms with Crippen LogP contribution in [-0.2, 0) is 23.2 Å². The third kappa shape index (κ3) is 3.72. The minimum atomic E-state index is -3.82. The summed E-state index contributed by atoms with van der Waals surface area (Å²) >= 11 is 11.9. The van der Waals surface area contributed by atoms with Crippen LogP contribution in [0.4, 0.5) is 0 Å². The number of aliphatic hydroxyl groups is 1. The molecule has 0 radical (unpaired) electrons. The lowest BCUT2D eigenvalue weighted by atomic mass is 10.2. The quantitative estimate of drug-likeness (QED) is 0.870. The van der Waals surface area contributed by atoms with Crippen molar-refractivity contribution in [3.05, 3.63) is 57.8 Å². The summed E-state index contributed by atoms with van der Waals surface area (Å²) < 4.78 is 27.0. The second-order valence-electron chi connectivity index (χ2n) is 4.18. The zero-order valence-electron chi connectivity index (χ0n) is 10.8. The summed E-state index contributed by atoms with van der Waals surface area (Å²) in [6.45, 7) is -0.354. The number of nitrogens with one attached hydrogen (secondary N) is 1. The van der Waals surface area contributed by atoms with E-state index in [-0.39, 0.29) is 27.0 Å². The van der Waals surface area contributed by atoms with Gasteiger partial charge in [0.2, 0.25) is 10.0 Å². The average Bonchev–Trinajstić information content (AvgIpc) is 2.46. The zero-order valence-corrected chi connectivity index (χ0v) is 13.1. The van der Waals surface area contributed by atoms with Gasteiger partial charge in [-0.2, -0.15) is 0 Å². The summed E-state index contributed by atoms with van der Waals surface area (Å²) in [4.78, 5) is 3.78. The molecule has 0 fully saturated rings. The molecule has 0 aliphatic heterocycles. The zero-order chi connectivity index (χ0) is 15.5. The largest absolute Gasteiger partial charge is 0.392 e. The molecule has 0 saturated carbocycles. The first-order valence-electron chi connectivity index (χ1n) is 5.92. The number of aliphatic hydroxyl groups excluding tert-OH is 1. The van der Waals surface area contributed by atoms with Crippen LogP contribution in [0.25, 0.3) is 0 Å². The summed E-state index contributed by atoms with van der Waals surface area (Å²) in [6, 6.07) is 6.15. The van der Waals surface area contributed by atoms with E-state index in [1.54, 1.807) is 24.5 Å². The maximum Gasteiger partial charge on any atom is 0.242 e. The maximum atomic E-state index is 12.3. The van der Waals surface area contributed by atoms with Crippen molar-refractivity contribution in [2.24, 2.45) is 0 Å². The van der Waals surface area contributed by atoms with E-state index in [4.69, 9.17) is 23.2 Å². The predicted octanol–water partition coefficient (Wildman–Crippen LogP) is 2.36. The molecule has 112 valence electrons. The second-order valence-corrected chi connectivity index (χ2v) is 6.70. The first-order valence-corrected chi connectivity index (χ1v) is 8.16. The van der Waals surface area contributed by atoms with Crippen LogP contribution in [0.15, 0.2) is 41.6 Å². The molecule has 0 bridgehead atoms. The molecule has 21 heavy (non-hydrogen) atoms. The van der Waals surface area contributed by atoms with Crippen molar-refractivity contribution in [3.63, 3.8) is 0 Å². The number of pyridine rings is 1. The lowest BCUT2D eigenvalue weighted by Crippen LogP contribution is -2.24. The van der Waals surface area contributed by atoms with Gasteiger partial charge in [-0.1, -0.05) is 29.3 Å². The highest BCUT2D eigenvalue weighted by Gasteiger charge is 2.21. The van der Waals surface area contributed by atoms with Crippen LogP contribution in [0.1, 0.15) is 11.1 Å². The van der Waals surface area contributed by atoms with E-state index < -0.39 is 16.6 Å². The number of aromatic nitrogens is 1. The molecule has 2 aromatic rings. The molecule has 0 aliphatic carbocycles. The molecule has 0 saturated heterocycles. The van der Waals surface area contributed by atoms with E-state index in [2.05, 4.69) is 9.71 Å². The Balaban J connectivity index is 2.28. The molecule has 2 N–H and O–H groups in total. The van der Waals surface area contributed by atoms with Crippen molar-refractivity contribution in [1.29, 1.82) is 0 Å². The Kier molecular flexibility index (Phi) is 5.18. The van der Waals surface area contributed by atoms with Gasteiger partial charge in [-0.05, 0) is 23.8 Å². The van der Waals surface area contributed by atoms with Crippen LogP contribution < -0.4 is 4.72 Å². The molecule has 1 aromatic carbocycles. The fourth-order valence-electron chi connectivity index (χ4n) is 1.69. The second kappa shape index (κ2) is 6.72. The van der Waals surface area contributed by atoms with Gasteiger partial charge in [0.25, 0.3) is 0 Å². The van der Waals surface area contributed by atoms with Crippen molar-refractivity contribution in [2.45, 2.75) is 18.0 Å². The van der Waals surface area contributed by atoms with Gasteiger partial charge in [0.1, 0.15) is 4.90 Å². The fourth-order valence-corrected chi connectivity index (χ4v) is 3.60. The van der Waals surface area contributed by atoms with Gasteiger partial charge < -0.3 is 5.11 Å². The Hall–Kier alpha value is -1.18. The van der Waals surface area contributed by atoms with Crippen molar-refractivity contribution in [1.82, 2.24) is 9.71 Å². The van der Waals surface area contributed by atoms with E-state index >= 15 is 0 Å². The molecule has 0 aliphatic rings. The summed E-state index contributed by atoms with van der Waals surface area (Å²) in [7, 11) is -3.82. The topological polar surface area (TPSA) is 79.3 Å². The molecule has 2 rings (SSSR count). The molecular weight excluding hydrogens is 335 g/mol. The number of rotatable bonds is 5. The fraction of sp³-hybridized carbons (Fsp3) is 0.154. The van der Waals surface area contributed by atoms with Gasteiger partial charge in [0.05, 0.1) is 11.6 Å². The Morgan fingerprint density at radius 2 is 2.00 bits per heavy atom. The van der Waals surface area contributed by atoms with Crippen molar-refractivity contribution in [3.8, 4) is 0 Å². The average molecular weight is 347 g/mol. The van der Waals surface area contributed by atoms with E-state index in [1.807, 2.05) is 0 Å². The van der Waals surface area contributed by atoms with Gasteiger partial charge in [0, 0.05) is 29.5 Å². The molecule has 1 aromatic heterocycles. The monoisotopic (exact) mass is 346 g/mol. The number of hydrogen-bond donors (Lipinski definition) is 2. The third-order valence-electron chi connectivity index (χ3n) is 2.79. The molecule has 1 heterocycles. The summed E-state index contributed by atoms with van der Waals surface area (Å²) in [5.74, 6) is 0. The first kappa shape index (κ1) is 16.2. The molecule has 0 atom stereocenters. The lowest BCUT2D eigenvalue weighted by molar-refractivity contribution is 0.281. The Bertz CT molecular complexity index is 737. The minimum absolute atomic E-state index is 0.0799. The van der Waals surface area contributed by atoms with E-state index in [0.717, 1.165) is 0 Å². The minimum Gasteiger partial charge on any atom is -0.392 e. The van der Waals surface area contributed by atoms with Gasteiger partial charge in [0.15, 0.2) is 0 Å².